The quantitative estimate of drug-likeness (QED) is 0.582. The number of oxazole rings is 1. The lowest BCUT2D eigenvalue weighted by atomic mass is 9.79. The molecule has 8 nitrogen and oxygen atoms in total. The normalized spacial score (nSPS) is 18.3. The van der Waals surface area contributed by atoms with Crippen molar-refractivity contribution < 1.29 is 14.0 Å². The summed E-state index contributed by atoms with van der Waals surface area (Å²) in [5.74, 6) is 0.688. The Kier molecular flexibility index (Phi) is 6.68. The minimum Gasteiger partial charge on any atom is -0.438 e. The maximum absolute atomic E-state index is 13.3. The summed E-state index contributed by atoms with van der Waals surface area (Å²) in [6.45, 7) is 4.93. The molecule has 0 bridgehead atoms. The van der Waals surface area contributed by atoms with Crippen LogP contribution in [-0.2, 0) is 0 Å². The molecule has 2 heterocycles. The molecule has 1 aliphatic carbocycles. The highest BCUT2D eigenvalue weighted by atomic mass is 16.3. The van der Waals surface area contributed by atoms with E-state index in [4.69, 9.17) is 4.42 Å². The lowest BCUT2D eigenvalue weighted by Gasteiger charge is -2.29. The molecule has 1 saturated carbocycles. The molecule has 2 N–H and O–H groups in total. The minimum absolute atomic E-state index is 0.0285. The van der Waals surface area contributed by atoms with Crippen LogP contribution in [0.4, 0.5) is 5.69 Å². The number of carbonyl (C=O) groups is 2. The van der Waals surface area contributed by atoms with Crippen molar-refractivity contribution in [1.82, 2.24) is 20.5 Å². The van der Waals surface area contributed by atoms with E-state index in [0.717, 1.165) is 37.1 Å². The smallest absolute Gasteiger partial charge is 0.289 e. The zero-order chi connectivity index (χ0) is 22.5. The number of para-hydroxylation sites is 1. The van der Waals surface area contributed by atoms with Crippen molar-refractivity contribution in [3.05, 3.63) is 65.6 Å². The average Bonchev–Trinajstić information content (AvgIpc) is 3.48. The van der Waals surface area contributed by atoms with E-state index in [1.165, 1.54) is 6.39 Å². The van der Waals surface area contributed by atoms with Crippen LogP contribution in [0.2, 0.25) is 0 Å². The molecular formula is C24H29N5O3. The SMILES string of the molecule is CCN(C(=O)c1cn[nH]c1C1CCC(CNC(=O)c2ocnc2C)CC1)c1ccccc1. The molecule has 2 amide bonds. The first-order valence-electron chi connectivity index (χ1n) is 11.2. The van der Waals surface area contributed by atoms with Crippen LogP contribution in [-0.4, -0.2) is 40.1 Å². The van der Waals surface area contributed by atoms with Gasteiger partial charge in [0, 0.05) is 24.7 Å². The largest absolute Gasteiger partial charge is 0.438 e. The molecule has 0 atom stereocenters. The lowest BCUT2D eigenvalue weighted by molar-refractivity contribution is 0.0912. The van der Waals surface area contributed by atoms with Gasteiger partial charge in [-0.3, -0.25) is 14.7 Å². The predicted octanol–water partition coefficient (Wildman–Crippen LogP) is 4.08. The summed E-state index contributed by atoms with van der Waals surface area (Å²) in [6.07, 6.45) is 6.78. The Bertz CT molecular complexity index is 1050. The first kappa shape index (κ1) is 21.8. The summed E-state index contributed by atoms with van der Waals surface area (Å²) in [6, 6.07) is 9.71. The molecular weight excluding hydrogens is 406 g/mol. The molecule has 1 aromatic carbocycles. The van der Waals surface area contributed by atoms with Crippen LogP contribution in [0.25, 0.3) is 0 Å². The molecule has 0 saturated heterocycles. The van der Waals surface area contributed by atoms with E-state index in [1.54, 1.807) is 18.0 Å². The highest BCUT2D eigenvalue weighted by molar-refractivity contribution is 6.06. The maximum atomic E-state index is 13.3. The van der Waals surface area contributed by atoms with Gasteiger partial charge >= 0.3 is 0 Å². The predicted molar refractivity (Wildman–Crippen MR) is 121 cm³/mol. The zero-order valence-corrected chi connectivity index (χ0v) is 18.5. The molecule has 168 valence electrons. The second kappa shape index (κ2) is 9.80. The molecule has 4 rings (SSSR count). The van der Waals surface area contributed by atoms with Crippen LogP contribution in [0.3, 0.4) is 0 Å². The fourth-order valence-electron chi connectivity index (χ4n) is 4.47. The third-order valence-corrected chi connectivity index (χ3v) is 6.29. The number of aromatic nitrogens is 3. The van der Waals surface area contributed by atoms with Gasteiger partial charge in [-0.15, -0.1) is 0 Å². The number of nitrogens with one attached hydrogen (secondary N) is 2. The first-order chi connectivity index (χ1) is 15.6. The highest BCUT2D eigenvalue weighted by Crippen LogP contribution is 2.36. The van der Waals surface area contributed by atoms with Gasteiger partial charge in [0.25, 0.3) is 11.8 Å². The molecule has 0 aliphatic heterocycles. The van der Waals surface area contributed by atoms with Crippen molar-refractivity contribution in [3.8, 4) is 0 Å². The van der Waals surface area contributed by atoms with Crippen molar-refractivity contribution in [2.24, 2.45) is 5.92 Å². The third kappa shape index (κ3) is 4.59. The van der Waals surface area contributed by atoms with Crippen molar-refractivity contribution in [1.29, 1.82) is 0 Å². The fraction of sp³-hybridized carbons (Fsp3) is 0.417. The standard InChI is InChI=1S/C24H29N5O3/c1-3-29(19-7-5-4-6-8-19)24(31)20-14-27-28-21(20)18-11-9-17(10-12-18)13-25-23(30)22-16(2)26-15-32-22/h4-8,14-15,17-18H,3,9-13H2,1-2H3,(H,25,30)(H,27,28). The Morgan fingerprint density at radius 3 is 2.59 bits per heavy atom. The minimum atomic E-state index is -0.218. The molecule has 32 heavy (non-hydrogen) atoms. The van der Waals surface area contributed by atoms with Crippen LogP contribution in [0.1, 0.15) is 70.8 Å². The number of rotatable bonds is 7. The van der Waals surface area contributed by atoms with E-state index in [9.17, 15) is 9.59 Å². The number of benzene rings is 1. The third-order valence-electron chi connectivity index (χ3n) is 6.29. The molecule has 3 aromatic rings. The molecule has 2 aromatic heterocycles. The van der Waals surface area contributed by atoms with Crippen LogP contribution < -0.4 is 10.2 Å². The lowest BCUT2D eigenvalue weighted by Crippen LogP contribution is -2.32. The summed E-state index contributed by atoms with van der Waals surface area (Å²) in [7, 11) is 0. The Morgan fingerprint density at radius 2 is 1.94 bits per heavy atom. The molecule has 8 heteroatoms. The highest BCUT2D eigenvalue weighted by Gasteiger charge is 2.29. The van der Waals surface area contributed by atoms with Gasteiger partial charge in [0.2, 0.25) is 5.76 Å². The molecule has 1 aliphatic rings. The Hall–Kier alpha value is -3.42. The fourth-order valence-corrected chi connectivity index (χ4v) is 4.47. The number of nitrogens with zero attached hydrogens (tertiary/aromatic N) is 3. The Morgan fingerprint density at radius 1 is 1.19 bits per heavy atom. The van der Waals surface area contributed by atoms with E-state index in [2.05, 4.69) is 20.5 Å². The van der Waals surface area contributed by atoms with E-state index in [1.807, 2.05) is 37.3 Å². The van der Waals surface area contributed by atoms with E-state index in [-0.39, 0.29) is 23.5 Å². The maximum Gasteiger partial charge on any atom is 0.289 e. The summed E-state index contributed by atoms with van der Waals surface area (Å²) < 4.78 is 5.16. The average molecular weight is 436 g/mol. The molecule has 1 fully saturated rings. The van der Waals surface area contributed by atoms with Gasteiger partial charge in [0.05, 0.1) is 23.1 Å². The van der Waals surface area contributed by atoms with Crippen molar-refractivity contribution in [3.63, 3.8) is 0 Å². The first-order valence-corrected chi connectivity index (χ1v) is 11.2. The Labute approximate surface area is 187 Å². The number of carbonyl (C=O) groups excluding carboxylic acids is 2. The number of amides is 2. The van der Waals surface area contributed by atoms with E-state index >= 15 is 0 Å². The topological polar surface area (TPSA) is 104 Å². The van der Waals surface area contributed by atoms with Gasteiger partial charge < -0.3 is 14.6 Å². The van der Waals surface area contributed by atoms with E-state index < -0.39 is 0 Å². The number of anilines is 1. The summed E-state index contributed by atoms with van der Waals surface area (Å²) >= 11 is 0. The molecule has 0 radical (unpaired) electrons. The second-order valence-corrected chi connectivity index (χ2v) is 8.28. The molecule has 0 spiro atoms. The van der Waals surface area contributed by atoms with Crippen molar-refractivity contribution in [2.45, 2.75) is 45.4 Å². The monoisotopic (exact) mass is 435 g/mol. The van der Waals surface area contributed by atoms with Gasteiger partial charge in [-0.2, -0.15) is 5.10 Å². The molecule has 0 unspecified atom stereocenters. The summed E-state index contributed by atoms with van der Waals surface area (Å²) in [4.78, 5) is 31.3. The van der Waals surface area contributed by atoms with Gasteiger partial charge in [-0.1, -0.05) is 18.2 Å². The van der Waals surface area contributed by atoms with Crippen LogP contribution in [0.5, 0.6) is 0 Å². The number of aromatic amines is 1. The van der Waals surface area contributed by atoms with Crippen molar-refractivity contribution in [2.75, 3.05) is 18.0 Å². The van der Waals surface area contributed by atoms with Crippen LogP contribution >= 0.6 is 0 Å². The summed E-state index contributed by atoms with van der Waals surface area (Å²) in [5.41, 5.74) is 3.05. The number of H-pyrrole nitrogens is 1. The van der Waals surface area contributed by atoms with Crippen LogP contribution in [0.15, 0.2) is 47.3 Å². The van der Waals surface area contributed by atoms with Gasteiger partial charge in [0.1, 0.15) is 0 Å². The second-order valence-electron chi connectivity index (χ2n) is 8.28. The number of aryl methyl sites for hydroxylation is 1. The Balaban J connectivity index is 1.36. The van der Waals surface area contributed by atoms with Gasteiger partial charge in [-0.25, -0.2) is 4.98 Å². The number of hydrogen-bond donors (Lipinski definition) is 2. The van der Waals surface area contributed by atoms with Gasteiger partial charge in [-0.05, 0) is 57.6 Å². The number of hydrogen-bond acceptors (Lipinski definition) is 5. The zero-order valence-electron chi connectivity index (χ0n) is 18.5. The van der Waals surface area contributed by atoms with E-state index in [0.29, 0.717) is 30.3 Å². The summed E-state index contributed by atoms with van der Waals surface area (Å²) in [5, 5.41) is 10.3. The van der Waals surface area contributed by atoms with Gasteiger partial charge in [0.15, 0.2) is 6.39 Å². The van der Waals surface area contributed by atoms with Crippen LogP contribution in [0, 0.1) is 12.8 Å². The van der Waals surface area contributed by atoms with Crippen molar-refractivity contribution >= 4 is 17.5 Å².